The van der Waals surface area contributed by atoms with Crippen molar-refractivity contribution in [2.45, 2.75) is 116 Å². The third-order valence-corrected chi connectivity index (χ3v) is 8.91. The Morgan fingerprint density at radius 2 is 1.83 bits per heavy atom. The smallest absolute Gasteiger partial charge is 0.320 e. The van der Waals surface area contributed by atoms with E-state index in [0.717, 1.165) is 0 Å². The Labute approximate surface area is 213 Å². The molecule has 204 valence electrons. The molecule has 0 spiro atoms. The lowest BCUT2D eigenvalue weighted by Crippen LogP contribution is -2.87. The number of carbonyl (C=O) groups excluding carboxylic acids is 3. The minimum atomic E-state index is -2.25. The Hall–Kier alpha value is -1.81. The molecule has 1 heterocycles. The molecular formula is C27H43NO8. The van der Waals surface area contributed by atoms with Gasteiger partial charge in [-0.25, -0.2) is 0 Å². The van der Waals surface area contributed by atoms with Crippen LogP contribution in [0.1, 0.15) is 74.7 Å². The second-order valence-electron chi connectivity index (χ2n) is 12.4. The molecule has 36 heavy (non-hydrogen) atoms. The van der Waals surface area contributed by atoms with Crippen molar-refractivity contribution in [3.63, 3.8) is 0 Å². The molecule has 2 saturated carbocycles. The highest BCUT2D eigenvalue weighted by atomic mass is 16.6. The maximum atomic E-state index is 14.0. The van der Waals surface area contributed by atoms with Crippen molar-refractivity contribution in [2.24, 2.45) is 16.7 Å². The molecule has 3 N–H and O–H groups in total. The molecule has 1 aliphatic heterocycles. The van der Waals surface area contributed by atoms with E-state index in [1.165, 1.54) is 19.9 Å². The van der Waals surface area contributed by atoms with Crippen LogP contribution in [0.25, 0.3) is 0 Å². The fraction of sp³-hybridized carbons (Fsp3) is 0.815. The molecule has 0 amide bonds. The molecule has 9 nitrogen and oxygen atoms in total. The lowest BCUT2D eigenvalue weighted by atomic mass is 9.39. The maximum Gasteiger partial charge on any atom is 0.320 e. The van der Waals surface area contributed by atoms with Crippen LogP contribution >= 0.6 is 0 Å². The first-order valence-corrected chi connectivity index (χ1v) is 12.8. The van der Waals surface area contributed by atoms with E-state index in [4.69, 9.17) is 14.2 Å². The standard InChI is InChI=1S/C27H43NO8/c1-10-24(7)13-17(30)27(33)25(8)18(35-19(31)14-28-15(2)3)11-12-23(5,6)21(25)20(32)22(34-16(4)29)26(27,9)36-24/h10,15,18,20-22,28,32-33H,1,11-14H2,2-9H3/t18-,20-,21-,22-,24-,25-,26+,27-/m0/s1. The number of nitrogens with one attached hydrogen (secondary N) is 1. The van der Waals surface area contributed by atoms with Gasteiger partial charge in [-0.1, -0.05) is 40.7 Å². The van der Waals surface area contributed by atoms with Crippen LogP contribution in [0, 0.1) is 16.7 Å². The largest absolute Gasteiger partial charge is 0.461 e. The van der Waals surface area contributed by atoms with Gasteiger partial charge in [-0.3, -0.25) is 14.4 Å². The third-order valence-electron chi connectivity index (χ3n) is 8.91. The van der Waals surface area contributed by atoms with Crippen LogP contribution in [0.2, 0.25) is 0 Å². The van der Waals surface area contributed by atoms with Crippen molar-refractivity contribution >= 4 is 17.7 Å². The third kappa shape index (κ3) is 4.12. The average molecular weight is 510 g/mol. The van der Waals surface area contributed by atoms with Crippen LogP contribution in [0.4, 0.5) is 0 Å². The maximum absolute atomic E-state index is 14.0. The van der Waals surface area contributed by atoms with Gasteiger partial charge in [0.1, 0.15) is 11.7 Å². The van der Waals surface area contributed by atoms with Crippen LogP contribution in [-0.4, -0.2) is 75.6 Å². The zero-order valence-electron chi connectivity index (χ0n) is 22.8. The van der Waals surface area contributed by atoms with Gasteiger partial charge < -0.3 is 29.7 Å². The zero-order chi connectivity index (χ0) is 27.5. The second-order valence-corrected chi connectivity index (χ2v) is 12.4. The van der Waals surface area contributed by atoms with E-state index in [1.54, 1.807) is 13.8 Å². The monoisotopic (exact) mass is 509 g/mol. The van der Waals surface area contributed by atoms with E-state index in [2.05, 4.69) is 11.9 Å². The van der Waals surface area contributed by atoms with E-state index in [-0.39, 0.29) is 19.0 Å². The molecule has 0 bridgehead atoms. The fourth-order valence-corrected chi connectivity index (χ4v) is 7.31. The Balaban J connectivity index is 2.23. The van der Waals surface area contributed by atoms with Gasteiger partial charge in [0.25, 0.3) is 0 Å². The Kier molecular flexibility index (Phi) is 7.34. The van der Waals surface area contributed by atoms with E-state index < -0.39 is 69.6 Å². The number of ether oxygens (including phenoxy) is 3. The Morgan fingerprint density at radius 1 is 1.22 bits per heavy atom. The van der Waals surface area contributed by atoms with E-state index in [1.807, 2.05) is 27.7 Å². The minimum absolute atomic E-state index is 0.0361. The molecule has 0 unspecified atom stereocenters. The van der Waals surface area contributed by atoms with Crippen molar-refractivity contribution < 1.29 is 38.8 Å². The summed E-state index contributed by atoms with van der Waals surface area (Å²) in [5, 5.41) is 27.5. The predicted molar refractivity (Wildman–Crippen MR) is 132 cm³/mol. The number of fused-ring (bicyclic) bond motifs is 3. The van der Waals surface area contributed by atoms with Gasteiger partial charge in [0.15, 0.2) is 17.5 Å². The summed E-state index contributed by atoms with van der Waals surface area (Å²) in [6.07, 6.45) is -1.32. The van der Waals surface area contributed by atoms with Gasteiger partial charge in [-0.05, 0) is 32.1 Å². The summed E-state index contributed by atoms with van der Waals surface area (Å²) in [7, 11) is 0. The molecule has 8 atom stereocenters. The number of carbonyl (C=O) groups is 3. The summed E-state index contributed by atoms with van der Waals surface area (Å²) in [4.78, 5) is 39.0. The quantitative estimate of drug-likeness (QED) is 0.364. The molecule has 9 heteroatoms. The minimum Gasteiger partial charge on any atom is -0.461 e. The van der Waals surface area contributed by atoms with Gasteiger partial charge >= 0.3 is 11.9 Å². The van der Waals surface area contributed by atoms with Crippen LogP contribution in [0.3, 0.4) is 0 Å². The highest BCUT2D eigenvalue weighted by Crippen LogP contribution is 2.67. The highest BCUT2D eigenvalue weighted by Gasteiger charge is 2.82. The van der Waals surface area contributed by atoms with Gasteiger partial charge in [0.05, 0.1) is 18.2 Å². The van der Waals surface area contributed by atoms with Gasteiger partial charge in [0, 0.05) is 30.7 Å². The number of rotatable bonds is 6. The Bertz CT molecular complexity index is 933. The number of hydrogen-bond acceptors (Lipinski definition) is 9. The SMILES string of the molecule is C=C[C@@]1(C)CC(=O)[C@]2(O)[C@@]3(C)[C@@H](OC(=O)CNC(C)C)CCC(C)(C)[C@@H]3[C@H](O)[C@H](OC(C)=O)[C@@]2(C)O1. The first kappa shape index (κ1) is 28.8. The van der Waals surface area contributed by atoms with E-state index >= 15 is 0 Å². The lowest BCUT2D eigenvalue weighted by molar-refractivity contribution is -0.370. The van der Waals surface area contributed by atoms with Gasteiger partial charge in [0.2, 0.25) is 0 Å². The topological polar surface area (TPSA) is 131 Å². The number of aliphatic hydroxyl groups is 2. The van der Waals surface area contributed by atoms with Crippen molar-refractivity contribution in [1.29, 1.82) is 0 Å². The molecule has 0 aromatic heterocycles. The molecule has 3 aliphatic rings. The summed E-state index contributed by atoms with van der Waals surface area (Å²) in [6.45, 7) is 17.5. The highest BCUT2D eigenvalue weighted by molar-refractivity contribution is 5.92. The molecule has 0 aromatic carbocycles. The zero-order valence-corrected chi connectivity index (χ0v) is 22.8. The van der Waals surface area contributed by atoms with Crippen LogP contribution in [-0.2, 0) is 28.6 Å². The first-order chi connectivity index (χ1) is 16.4. The number of Topliss-reactive ketones (excluding diaryl/α,β-unsaturated/α-hetero) is 1. The first-order valence-electron chi connectivity index (χ1n) is 12.8. The van der Waals surface area contributed by atoms with Crippen molar-refractivity contribution in [3.05, 3.63) is 12.7 Å². The Morgan fingerprint density at radius 3 is 2.36 bits per heavy atom. The summed E-state index contributed by atoms with van der Waals surface area (Å²) in [5.41, 5.74) is -7.32. The van der Waals surface area contributed by atoms with Crippen molar-refractivity contribution in [3.8, 4) is 0 Å². The van der Waals surface area contributed by atoms with Crippen LogP contribution in [0.15, 0.2) is 12.7 Å². The predicted octanol–water partition coefficient (Wildman–Crippen LogP) is 2.07. The second kappa shape index (κ2) is 9.19. The molecule has 0 aromatic rings. The molecule has 0 radical (unpaired) electrons. The summed E-state index contributed by atoms with van der Waals surface area (Å²) in [6, 6.07) is 0.0598. The number of ketones is 1. The molecule has 1 saturated heterocycles. The molecule has 3 rings (SSSR count). The number of hydrogen-bond donors (Lipinski definition) is 3. The van der Waals surface area contributed by atoms with Crippen LogP contribution in [0.5, 0.6) is 0 Å². The van der Waals surface area contributed by atoms with E-state index in [9.17, 15) is 24.6 Å². The normalized spacial score (nSPS) is 43.8. The number of esters is 2. The average Bonchev–Trinajstić information content (AvgIpc) is 2.75. The summed E-state index contributed by atoms with van der Waals surface area (Å²) in [5.74, 6) is -2.49. The van der Waals surface area contributed by atoms with Crippen molar-refractivity contribution in [1.82, 2.24) is 5.32 Å². The lowest BCUT2D eigenvalue weighted by Gasteiger charge is -2.71. The summed E-state index contributed by atoms with van der Waals surface area (Å²) >= 11 is 0. The number of aliphatic hydroxyl groups excluding tert-OH is 1. The molecular weight excluding hydrogens is 466 g/mol. The fourth-order valence-electron chi connectivity index (χ4n) is 7.31. The molecule has 3 fully saturated rings. The van der Waals surface area contributed by atoms with Gasteiger partial charge in [-0.2, -0.15) is 0 Å². The van der Waals surface area contributed by atoms with E-state index in [0.29, 0.717) is 12.8 Å². The van der Waals surface area contributed by atoms with Crippen LogP contribution < -0.4 is 5.32 Å². The summed E-state index contributed by atoms with van der Waals surface area (Å²) < 4.78 is 18.0. The molecule has 2 aliphatic carbocycles. The van der Waals surface area contributed by atoms with Gasteiger partial charge in [-0.15, -0.1) is 6.58 Å². The van der Waals surface area contributed by atoms with Crippen molar-refractivity contribution in [2.75, 3.05) is 6.54 Å².